The van der Waals surface area contributed by atoms with Crippen LogP contribution in [0.15, 0.2) is 33.3 Å². The van der Waals surface area contributed by atoms with Gasteiger partial charge < -0.3 is 14.0 Å². The number of rotatable bonds is 4. The molecule has 0 N–H and O–H groups in total. The number of aromatic nitrogens is 1. The lowest BCUT2D eigenvalue weighted by Crippen LogP contribution is -2.04. The normalized spacial score (nSPS) is 10.3. The molecule has 6 heteroatoms. The van der Waals surface area contributed by atoms with Crippen molar-refractivity contribution in [1.82, 2.24) is 5.16 Å². The number of carbonyl (C=O) groups excluding carboxylic acids is 1. The number of halogens is 1. The summed E-state index contributed by atoms with van der Waals surface area (Å²) in [5.74, 6) is 0.709. The molecule has 0 aliphatic rings. The maximum absolute atomic E-state index is 11.5. The van der Waals surface area contributed by atoms with Crippen LogP contribution in [-0.2, 0) is 4.74 Å². The van der Waals surface area contributed by atoms with Crippen molar-refractivity contribution in [2.75, 3.05) is 13.7 Å². The molecule has 0 bridgehead atoms. The topological polar surface area (TPSA) is 61.6 Å². The Hall–Kier alpha value is -1.82. The van der Waals surface area contributed by atoms with Gasteiger partial charge in [-0.2, -0.15) is 0 Å². The lowest BCUT2D eigenvalue weighted by molar-refractivity contribution is 0.0514. The molecular weight excluding hydrogens is 314 g/mol. The summed E-state index contributed by atoms with van der Waals surface area (Å²) in [6, 6.07) is 6.97. The van der Waals surface area contributed by atoms with Gasteiger partial charge in [0.25, 0.3) is 0 Å². The van der Waals surface area contributed by atoms with Crippen LogP contribution in [0.3, 0.4) is 0 Å². The van der Waals surface area contributed by atoms with Gasteiger partial charge in [0.2, 0.25) is 0 Å². The van der Waals surface area contributed by atoms with Gasteiger partial charge in [-0.05, 0) is 41.1 Å². The van der Waals surface area contributed by atoms with Crippen LogP contribution >= 0.6 is 15.9 Å². The van der Waals surface area contributed by atoms with E-state index in [1.165, 1.54) is 0 Å². The van der Waals surface area contributed by atoms with E-state index < -0.39 is 5.97 Å². The van der Waals surface area contributed by atoms with Gasteiger partial charge in [0.05, 0.1) is 13.7 Å². The first-order valence-corrected chi connectivity index (χ1v) is 6.42. The van der Waals surface area contributed by atoms with E-state index in [0.717, 1.165) is 15.8 Å². The second kappa shape index (κ2) is 5.88. The van der Waals surface area contributed by atoms with E-state index in [0.29, 0.717) is 12.4 Å². The number of hydrogen-bond donors (Lipinski definition) is 0. The van der Waals surface area contributed by atoms with Crippen molar-refractivity contribution in [3.63, 3.8) is 0 Å². The fourth-order valence-electron chi connectivity index (χ4n) is 1.53. The summed E-state index contributed by atoms with van der Waals surface area (Å²) in [6.45, 7) is 2.03. The van der Waals surface area contributed by atoms with Crippen LogP contribution in [0.2, 0.25) is 0 Å². The summed E-state index contributed by atoms with van der Waals surface area (Å²) in [5, 5.41) is 3.69. The molecule has 0 aliphatic carbocycles. The fraction of sp³-hybridized carbons (Fsp3) is 0.231. The Morgan fingerprint density at radius 3 is 2.84 bits per heavy atom. The predicted molar refractivity (Wildman–Crippen MR) is 72.1 cm³/mol. The van der Waals surface area contributed by atoms with Gasteiger partial charge in [-0.1, -0.05) is 5.16 Å². The predicted octanol–water partition coefficient (Wildman–Crippen LogP) is 3.29. The zero-order valence-electron chi connectivity index (χ0n) is 10.5. The summed E-state index contributed by atoms with van der Waals surface area (Å²) in [6.07, 6.45) is 0. The molecule has 0 spiro atoms. The van der Waals surface area contributed by atoms with Crippen molar-refractivity contribution in [2.45, 2.75) is 6.92 Å². The van der Waals surface area contributed by atoms with Crippen LogP contribution in [0.4, 0.5) is 0 Å². The Labute approximate surface area is 118 Å². The van der Waals surface area contributed by atoms with Crippen LogP contribution < -0.4 is 4.74 Å². The smallest absolute Gasteiger partial charge is 0.360 e. The molecule has 19 heavy (non-hydrogen) atoms. The molecule has 1 aromatic carbocycles. The molecule has 2 rings (SSSR count). The van der Waals surface area contributed by atoms with Crippen LogP contribution in [0.1, 0.15) is 17.4 Å². The summed E-state index contributed by atoms with van der Waals surface area (Å²) < 4.78 is 15.9. The minimum Gasteiger partial charge on any atom is -0.497 e. The van der Waals surface area contributed by atoms with Gasteiger partial charge in [-0.15, -0.1) is 0 Å². The van der Waals surface area contributed by atoms with Crippen molar-refractivity contribution in [3.05, 3.63) is 34.4 Å². The number of benzene rings is 1. The van der Waals surface area contributed by atoms with Gasteiger partial charge in [0, 0.05) is 16.1 Å². The number of carbonyl (C=O) groups is 1. The Balaban J connectivity index is 2.30. The molecular formula is C13H12BrNO4. The van der Waals surface area contributed by atoms with Gasteiger partial charge in [0.15, 0.2) is 11.5 Å². The quantitative estimate of drug-likeness (QED) is 0.807. The zero-order chi connectivity index (χ0) is 13.8. The van der Waals surface area contributed by atoms with Crippen LogP contribution in [0.25, 0.3) is 11.3 Å². The van der Waals surface area contributed by atoms with E-state index in [-0.39, 0.29) is 5.69 Å². The van der Waals surface area contributed by atoms with E-state index >= 15 is 0 Å². The molecule has 100 valence electrons. The molecule has 5 nitrogen and oxygen atoms in total. The number of methoxy groups -OCH3 is 1. The largest absolute Gasteiger partial charge is 0.497 e. The Morgan fingerprint density at radius 1 is 1.42 bits per heavy atom. The highest BCUT2D eigenvalue weighted by molar-refractivity contribution is 9.10. The van der Waals surface area contributed by atoms with Crippen molar-refractivity contribution in [2.24, 2.45) is 0 Å². The fourth-order valence-corrected chi connectivity index (χ4v) is 2.08. The summed E-state index contributed by atoms with van der Waals surface area (Å²) in [5.41, 5.74) is 0.934. The zero-order valence-corrected chi connectivity index (χ0v) is 12.1. The number of ether oxygens (including phenoxy) is 2. The molecule has 0 aliphatic heterocycles. The molecule has 2 aromatic rings. The monoisotopic (exact) mass is 325 g/mol. The molecule has 0 saturated carbocycles. The van der Waals surface area contributed by atoms with Crippen molar-refractivity contribution in [1.29, 1.82) is 0 Å². The maximum atomic E-state index is 11.5. The third kappa shape index (κ3) is 2.96. The van der Waals surface area contributed by atoms with Crippen LogP contribution in [-0.4, -0.2) is 24.8 Å². The third-order valence-corrected chi connectivity index (χ3v) is 3.09. The average molecular weight is 326 g/mol. The molecule has 0 saturated heterocycles. The van der Waals surface area contributed by atoms with Gasteiger partial charge >= 0.3 is 5.97 Å². The molecule has 0 fully saturated rings. The molecule has 1 aromatic heterocycles. The van der Waals surface area contributed by atoms with Crippen molar-refractivity contribution < 1.29 is 18.8 Å². The lowest BCUT2D eigenvalue weighted by atomic mass is 10.1. The third-order valence-electron chi connectivity index (χ3n) is 2.44. The summed E-state index contributed by atoms with van der Waals surface area (Å²) in [7, 11) is 1.59. The summed E-state index contributed by atoms with van der Waals surface area (Å²) >= 11 is 3.42. The average Bonchev–Trinajstić information content (AvgIpc) is 2.88. The van der Waals surface area contributed by atoms with Crippen LogP contribution in [0, 0.1) is 0 Å². The highest BCUT2D eigenvalue weighted by Crippen LogP contribution is 2.31. The highest BCUT2D eigenvalue weighted by Gasteiger charge is 2.16. The van der Waals surface area contributed by atoms with E-state index in [1.807, 2.05) is 12.1 Å². The standard InChI is InChI=1S/C13H12BrNO4/c1-3-18-13(16)11-7-12(19-15-11)9-5-4-8(17-2)6-10(9)14/h4-7H,3H2,1-2H3. The van der Waals surface area contributed by atoms with Gasteiger partial charge in [-0.3, -0.25) is 0 Å². The number of nitrogens with zero attached hydrogens (tertiary/aromatic N) is 1. The van der Waals surface area contributed by atoms with Gasteiger partial charge in [-0.25, -0.2) is 4.79 Å². The Morgan fingerprint density at radius 2 is 2.21 bits per heavy atom. The van der Waals surface area contributed by atoms with E-state index in [9.17, 15) is 4.79 Å². The molecule has 0 unspecified atom stereocenters. The SMILES string of the molecule is CCOC(=O)c1cc(-c2ccc(OC)cc2Br)on1. The highest BCUT2D eigenvalue weighted by atomic mass is 79.9. The molecule has 0 atom stereocenters. The molecule has 1 heterocycles. The maximum Gasteiger partial charge on any atom is 0.360 e. The van der Waals surface area contributed by atoms with Crippen LogP contribution in [0.5, 0.6) is 5.75 Å². The second-order valence-corrected chi connectivity index (χ2v) is 4.50. The van der Waals surface area contributed by atoms with E-state index in [4.69, 9.17) is 14.0 Å². The van der Waals surface area contributed by atoms with Gasteiger partial charge in [0.1, 0.15) is 5.75 Å². The van der Waals surface area contributed by atoms with Crippen molar-refractivity contribution >= 4 is 21.9 Å². The lowest BCUT2D eigenvalue weighted by Gasteiger charge is -2.03. The first-order valence-electron chi connectivity index (χ1n) is 5.63. The number of hydrogen-bond acceptors (Lipinski definition) is 5. The minimum atomic E-state index is -0.498. The van der Waals surface area contributed by atoms with Crippen molar-refractivity contribution in [3.8, 4) is 17.1 Å². The first-order chi connectivity index (χ1) is 9.15. The Kier molecular flexibility index (Phi) is 4.21. The summed E-state index contributed by atoms with van der Waals surface area (Å²) in [4.78, 5) is 11.5. The number of esters is 1. The molecule has 0 radical (unpaired) electrons. The first kappa shape index (κ1) is 13.6. The Bertz CT molecular complexity index is 594. The molecule has 0 amide bonds. The second-order valence-electron chi connectivity index (χ2n) is 3.64. The minimum absolute atomic E-state index is 0.152. The van der Waals surface area contributed by atoms with E-state index in [1.54, 1.807) is 26.2 Å². The van der Waals surface area contributed by atoms with E-state index in [2.05, 4.69) is 21.1 Å².